The first-order valence-electron chi connectivity index (χ1n) is 11.8. The van der Waals surface area contributed by atoms with Crippen molar-refractivity contribution in [2.75, 3.05) is 4.90 Å². The molecular formula is C32H21N3. The predicted octanol–water partition coefficient (Wildman–Crippen LogP) is 8.41. The van der Waals surface area contributed by atoms with Crippen molar-refractivity contribution >= 4 is 27.8 Å². The summed E-state index contributed by atoms with van der Waals surface area (Å²) < 4.78 is 0. The number of fused-ring (bicyclic) bond motifs is 3. The Morgan fingerprint density at radius 2 is 0.914 bits per heavy atom. The minimum atomic E-state index is 0.731. The maximum absolute atomic E-state index is 4.85. The van der Waals surface area contributed by atoms with E-state index in [0.717, 1.165) is 28.5 Å². The molecule has 164 valence electrons. The number of para-hydroxylation sites is 2. The van der Waals surface area contributed by atoms with E-state index in [1.165, 1.54) is 33.0 Å². The molecule has 0 bridgehead atoms. The van der Waals surface area contributed by atoms with Crippen molar-refractivity contribution in [3.05, 3.63) is 128 Å². The Hall–Kier alpha value is -4.76. The van der Waals surface area contributed by atoms with E-state index in [0.29, 0.717) is 0 Å². The van der Waals surface area contributed by atoms with Gasteiger partial charge in [0.15, 0.2) is 5.82 Å². The molecule has 1 aliphatic carbocycles. The molecule has 7 rings (SSSR count). The molecule has 3 heteroatoms. The van der Waals surface area contributed by atoms with Crippen molar-refractivity contribution in [2.45, 2.75) is 0 Å². The molecule has 1 aliphatic rings. The summed E-state index contributed by atoms with van der Waals surface area (Å²) in [7, 11) is 0. The summed E-state index contributed by atoms with van der Waals surface area (Å²) in [6.45, 7) is 0. The van der Waals surface area contributed by atoms with E-state index in [4.69, 9.17) is 9.97 Å². The average molecular weight is 448 g/mol. The summed E-state index contributed by atoms with van der Waals surface area (Å²) in [6, 6.07) is 40.2. The van der Waals surface area contributed by atoms with Crippen molar-refractivity contribution in [1.82, 2.24) is 9.97 Å². The van der Waals surface area contributed by atoms with Crippen LogP contribution in [0.25, 0.3) is 44.4 Å². The van der Waals surface area contributed by atoms with Gasteiger partial charge in [-0.25, -0.2) is 9.97 Å². The zero-order valence-corrected chi connectivity index (χ0v) is 19.0. The summed E-state index contributed by atoms with van der Waals surface area (Å²) in [4.78, 5) is 11.9. The van der Waals surface area contributed by atoms with Gasteiger partial charge in [0.2, 0.25) is 0 Å². The van der Waals surface area contributed by atoms with Crippen molar-refractivity contribution in [2.24, 2.45) is 0 Å². The van der Waals surface area contributed by atoms with Crippen LogP contribution < -0.4 is 4.90 Å². The van der Waals surface area contributed by atoms with Gasteiger partial charge in [-0.15, -0.1) is 0 Å². The lowest BCUT2D eigenvalue weighted by Gasteiger charge is -2.24. The highest BCUT2D eigenvalue weighted by molar-refractivity contribution is 6.18. The first-order chi connectivity index (χ1) is 17.4. The van der Waals surface area contributed by atoms with Gasteiger partial charge in [-0.1, -0.05) is 84.9 Å². The zero-order valence-electron chi connectivity index (χ0n) is 19.0. The van der Waals surface area contributed by atoms with Crippen LogP contribution in [-0.4, -0.2) is 9.97 Å². The SMILES string of the molecule is c1ccc(N(c2ccccc2)c2cnc(-c3ccc4c5c(cccc35)-c3ccccc3-4)nc2)cc1. The minimum Gasteiger partial charge on any atom is -0.308 e. The maximum Gasteiger partial charge on any atom is 0.159 e. The second-order valence-corrected chi connectivity index (χ2v) is 8.71. The Morgan fingerprint density at radius 3 is 1.54 bits per heavy atom. The monoisotopic (exact) mass is 447 g/mol. The first-order valence-corrected chi connectivity index (χ1v) is 11.8. The van der Waals surface area contributed by atoms with Crippen molar-refractivity contribution in [3.8, 4) is 33.6 Å². The molecule has 0 N–H and O–H groups in total. The van der Waals surface area contributed by atoms with Gasteiger partial charge in [0.1, 0.15) is 0 Å². The maximum atomic E-state index is 4.85. The summed E-state index contributed by atoms with van der Waals surface area (Å²) in [5.74, 6) is 0.731. The summed E-state index contributed by atoms with van der Waals surface area (Å²) in [5.41, 5.74) is 9.26. The van der Waals surface area contributed by atoms with Crippen LogP contribution in [0.3, 0.4) is 0 Å². The van der Waals surface area contributed by atoms with Gasteiger partial charge in [0, 0.05) is 16.9 Å². The van der Waals surface area contributed by atoms with E-state index >= 15 is 0 Å². The van der Waals surface area contributed by atoms with Crippen LogP contribution in [0, 0.1) is 0 Å². The third-order valence-corrected chi connectivity index (χ3v) is 6.71. The zero-order chi connectivity index (χ0) is 23.2. The lowest BCUT2D eigenvalue weighted by atomic mass is 9.98. The average Bonchev–Trinajstić information content (AvgIpc) is 3.26. The van der Waals surface area contributed by atoms with Crippen LogP contribution in [0.4, 0.5) is 17.1 Å². The number of hydrogen-bond acceptors (Lipinski definition) is 3. The Balaban J connectivity index is 1.34. The molecule has 1 aromatic heterocycles. The molecule has 0 saturated heterocycles. The third kappa shape index (κ3) is 3.13. The lowest BCUT2D eigenvalue weighted by molar-refractivity contribution is 1.14. The van der Waals surface area contributed by atoms with E-state index in [2.05, 4.69) is 83.8 Å². The molecule has 6 aromatic rings. The Kier molecular flexibility index (Phi) is 4.46. The van der Waals surface area contributed by atoms with E-state index in [1.807, 2.05) is 48.8 Å². The third-order valence-electron chi connectivity index (χ3n) is 6.71. The fraction of sp³-hybridized carbons (Fsp3) is 0. The summed E-state index contributed by atoms with van der Waals surface area (Å²) >= 11 is 0. The van der Waals surface area contributed by atoms with Crippen LogP contribution in [-0.2, 0) is 0 Å². The topological polar surface area (TPSA) is 29.0 Å². The van der Waals surface area contributed by atoms with Gasteiger partial charge in [0.05, 0.1) is 18.1 Å². The second kappa shape index (κ2) is 7.93. The van der Waals surface area contributed by atoms with Gasteiger partial charge >= 0.3 is 0 Å². The lowest BCUT2D eigenvalue weighted by Crippen LogP contribution is -2.10. The highest BCUT2D eigenvalue weighted by Crippen LogP contribution is 2.48. The standard InChI is InChI=1S/C32H21N3/c1-3-10-22(11-4-1)35(23-12-5-2-6-13-23)24-20-33-32(34-21-24)30-19-18-29-26-15-8-7-14-25(26)27-16-9-17-28(30)31(27)29/h1-21H. The molecule has 5 aromatic carbocycles. The molecule has 0 spiro atoms. The molecule has 35 heavy (non-hydrogen) atoms. The van der Waals surface area contributed by atoms with Crippen LogP contribution in [0.5, 0.6) is 0 Å². The highest BCUT2D eigenvalue weighted by Gasteiger charge is 2.23. The van der Waals surface area contributed by atoms with Crippen LogP contribution in [0.15, 0.2) is 128 Å². The molecule has 0 amide bonds. The van der Waals surface area contributed by atoms with Crippen molar-refractivity contribution < 1.29 is 0 Å². The fourth-order valence-corrected chi connectivity index (χ4v) is 5.18. The quantitative estimate of drug-likeness (QED) is 0.271. The number of aromatic nitrogens is 2. The van der Waals surface area contributed by atoms with E-state index in [1.54, 1.807) is 0 Å². The minimum absolute atomic E-state index is 0.731. The van der Waals surface area contributed by atoms with Gasteiger partial charge in [-0.05, 0) is 63.4 Å². The van der Waals surface area contributed by atoms with Gasteiger partial charge in [-0.3, -0.25) is 0 Å². The fourth-order valence-electron chi connectivity index (χ4n) is 5.18. The predicted molar refractivity (Wildman–Crippen MR) is 144 cm³/mol. The molecule has 1 heterocycles. The Bertz CT molecular complexity index is 1610. The number of anilines is 3. The van der Waals surface area contributed by atoms with E-state index in [9.17, 15) is 0 Å². The molecule has 0 fully saturated rings. The molecule has 0 radical (unpaired) electrons. The van der Waals surface area contributed by atoms with Gasteiger partial charge in [0.25, 0.3) is 0 Å². The molecular weight excluding hydrogens is 426 g/mol. The molecule has 0 atom stereocenters. The van der Waals surface area contributed by atoms with Gasteiger partial charge < -0.3 is 4.90 Å². The smallest absolute Gasteiger partial charge is 0.159 e. The largest absolute Gasteiger partial charge is 0.308 e. The Labute approximate surface area is 204 Å². The Morgan fingerprint density at radius 1 is 0.400 bits per heavy atom. The van der Waals surface area contributed by atoms with Gasteiger partial charge in [-0.2, -0.15) is 0 Å². The van der Waals surface area contributed by atoms with Crippen molar-refractivity contribution in [3.63, 3.8) is 0 Å². The van der Waals surface area contributed by atoms with Crippen molar-refractivity contribution in [1.29, 1.82) is 0 Å². The number of rotatable bonds is 4. The molecule has 0 saturated carbocycles. The van der Waals surface area contributed by atoms with E-state index < -0.39 is 0 Å². The molecule has 0 aliphatic heterocycles. The number of hydrogen-bond donors (Lipinski definition) is 0. The van der Waals surface area contributed by atoms with Crippen LogP contribution in [0.1, 0.15) is 0 Å². The van der Waals surface area contributed by atoms with E-state index in [-0.39, 0.29) is 0 Å². The highest BCUT2D eigenvalue weighted by atomic mass is 15.2. The number of nitrogens with zero attached hydrogens (tertiary/aromatic N) is 3. The molecule has 0 unspecified atom stereocenters. The first kappa shape index (κ1) is 19.7. The summed E-state index contributed by atoms with van der Waals surface area (Å²) in [5, 5.41) is 2.47. The second-order valence-electron chi connectivity index (χ2n) is 8.71. The molecule has 3 nitrogen and oxygen atoms in total. The van der Waals surface area contributed by atoms with Crippen LogP contribution >= 0.6 is 0 Å². The normalized spacial score (nSPS) is 11.4. The number of benzene rings is 5. The van der Waals surface area contributed by atoms with Crippen LogP contribution in [0.2, 0.25) is 0 Å². The summed E-state index contributed by atoms with van der Waals surface area (Å²) in [6.07, 6.45) is 3.83.